The summed E-state index contributed by atoms with van der Waals surface area (Å²) in [7, 11) is 0. The van der Waals surface area contributed by atoms with Gasteiger partial charge in [0.15, 0.2) is 0 Å². The zero-order chi connectivity index (χ0) is 15.5. The van der Waals surface area contributed by atoms with Gasteiger partial charge in [-0.2, -0.15) is 0 Å². The minimum absolute atomic E-state index is 0.0518. The van der Waals surface area contributed by atoms with Crippen molar-refractivity contribution in [2.45, 2.75) is 32.7 Å². The van der Waals surface area contributed by atoms with Gasteiger partial charge in [0, 0.05) is 19.5 Å². The highest BCUT2D eigenvalue weighted by Crippen LogP contribution is 2.05. The van der Waals surface area contributed by atoms with Gasteiger partial charge in [-0.05, 0) is 24.9 Å². The molecule has 0 aromatic heterocycles. The summed E-state index contributed by atoms with van der Waals surface area (Å²) in [5.74, 6) is -0.152. The highest BCUT2D eigenvalue weighted by Gasteiger charge is 2.14. The molecule has 1 aromatic rings. The summed E-state index contributed by atoms with van der Waals surface area (Å²) >= 11 is 0. The number of carbonyl (C=O) groups excluding carboxylic acids is 2. The summed E-state index contributed by atoms with van der Waals surface area (Å²) in [6.07, 6.45) is 1.98. The SMILES string of the molecule is CCCC(=O)NCC(=O)N(CCCN)Cc1ccccc1. The second-order valence-corrected chi connectivity index (χ2v) is 4.97. The molecule has 0 radical (unpaired) electrons. The van der Waals surface area contributed by atoms with E-state index in [-0.39, 0.29) is 18.4 Å². The van der Waals surface area contributed by atoms with Crippen molar-refractivity contribution >= 4 is 11.8 Å². The number of rotatable bonds is 9. The molecule has 0 saturated heterocycles. The molecule has 0 atom stereocenters. The fourth-order valence-corrected chi connectivity index (χ4v) is 1.98. The molecule has 0 aliphatic heterocycles. The Morgan fingerprint density at radius 1 is 1.24 bits per heavy atom. The topological polar surface area (TPSA) is 75.4 Å². The molecule has 0 bridgehead atoms. The number of nitrogens with one attached hydrogen (secondary N) is 1. The van der Waals surface area contributed by atoms with E-state index in [4.69, 9.17) is 5.73 Å². The van der Waals surface area contributed by atoms with Gasteiger partial charge in [-0.1, -0.05) is 37.3 Å². The van der Waals surface area contributed by atoms with Crippen LogP contribution in [0.4, 0.5) is 0 Å². The standard InChI is InChI=1S/C16H25N3O2/c1-2-7-15(20)18-12-16(21)19(11-6-10-17)13-14-8-4-3-5-9-14/h3-5,8-9H,2,6-7,10-13,17H2,1H3,(H,18,20). The van der Waals surface area contributed by atoms with Crippen LogP contribution in [0, 0.1) is 0 Å². The average Bonchev–Trinajstić information content (AvgIpc) is 2.50. The van der Waals surface area contributed by atoms with Gasteiger partial charge in [-0.15, -0.1) is 0 Å². The second-order valence-electron chi connectivity index (χ2n) is 4.97. The van der Waals surface area contributed by atoms with Gasteiger partial charge in [-0.3, -0.25) is 9.59 Å². The van der Waals surface area contributed by atoms with Crippen LogP contribution in [0.2, 0.25) is 0 Å². The molecular weight excluding hydrogens is 266 g/mol. The molecule has 116 valence electrons. The maximum absolute atomic E-state index is 12.2. The van der Waals surface area contributed by atoms with Crippen LogP contribution in [-0.2, 0) is 16.1 Å². The quantitative estimate of drug-likeness (QED) is 0.719. The Morgan fingerprint density at radius 2 is 1.95 bits per heavy atom. The summed E-state index contributed by atoms with van der Waals surface area (Å²) in [5.41, 5.74) is 6.60. The van der Waals surface area contributed by atoms with Gasteiger partial charge in [0.2, 0.25) is 11.8 Å². The summed E-state index contributed by atoms with van der Waals surface area (Å²) in [5, 5.41) is 2.66. The lowest BCUT2D eigenvalue weighted by Crippen LogP contribution is -2.40. The fourth-order valence-electron chi connectivity index (χ4n) is 1.98. The molecule has 0 unspecified atom stereocenters. The first-order chi connectivity index (χ1) is 10.2. The van der Waals surface area contributed by atoms with Crippen molar-refractivity contribution in [1.29, 1.82) is 0 Å². The summed E-state index contributed by atoms with van der Waals surface area (Å²) in [6, 6.07) is 9.81. The number of nitrogens with two attached hydrogens (primary N) is 1. The minimum atomic E-state index is -0.0793. The van der Waals surface area contributed by atoms with Crippen molar-refractivity contribution in [3.63, 3.8) is 0 Å². The van der Waals surface area contributed by atoms with E-state index in [1.165, 1.54) is 0 Å². The number of amides is 2. The van der Waals surface area contributed by atoms with Crippen molar-refractivity contribution in [3.05, 3.63) is 35.9 Å². The largest absolute Gasteiger partial charge is 0.347 e. The minimum Gasteiger partial charge on any atom is -0.347 e. The average molecular weight is 291 g/mol. The van der Waals surface area contributed by atoms with Crippen LogP contribution in [0.25, 0.3) is 0 Å². The maximum atomic E-state index is 12.2. The molecule has 21 heavy (non-hydrogen) atoms. The Kier molecular flexibility index (Phi) is 8.12. The number of hydrogen-bond donors (Lipinski definition) is 2. The van der Waals surface area contributed by atoms with Crippen LogP contribution in [0.15, 0.2) is 30.3 Å². The van der Waals surface area contributed by atoms with E-state index in [9.17, 15) is 9.59 Å². The summed E-state index contributed by atoms with van der Waals surface area (Å²) in [4.78, 5) is 25.4. The third-order valence-electron chi connectivity index (χ3n) is 3.11. The van der Waals surface area contributed by atoms with Crippen molar-refractivity contribution in [2.24, 2.45) is 5.73 Å². The molecule has 0 saturated carbocycles. The van der Waals surface area contributed by atoms with E-state index >= 15 is 0 Å². The molecule has 3 N–H and O–H groups in total. The lowest BCUT2D eigenvalue weighted by atomic mass is 10.2. The van der Waals surface area contributed by atoms with Gasteiger partial charge < -0.3 is 16.0 Å². The molecule has 1 aromatic carbocycles. The molecule has 0 aliphatic rings. The van der Waals surface area contributed by atoms with Crippen molar-refractivity contribution in [3.8, 4) is 0 Å². The molecule has 0 aliphatic carbocycles. The number of carbonyl (C=O) groups is 2. The molecule has 5 heteroatoms. The first kappa shape index (κ1) is 17.2. The number of hydrogen-bond acceptors (Lipinski definition) is 3. The van der Waals surface area contributed by atoms with Crippen LogP contribution in [-0.4, -0.2) is 36.3 Å². The highest BCUT2D eigenvalue weighted by molar-refractivity contribution is 5.84. The van der Waals surface area contributed by atoms with E-state index < -0.39 is 0 Å². The zero-order valence-corrected chi connectivity index (χ0v) is 12.7. The Hall–Kier alpha value is -1.88. The van der Waals surface area contributed by atoms with E-state index in [0.717, 1.165) is 18.4 Å². The number of benzene rings is 1. The van der Waals surface area contributed by atoms with E-state index in [1.807, 2.05) is 37.3 Å². The van der Waals surface area contributed by atoms with Crippen molar-refractivity contribution in [2.75, 3.05) is 19.6 Å². The highest BCUT2D eigenvalue weighted by atomic mass is 16.2. The van der Waals surface area contributed by atoms with Crippen molar-refractivity contribution in [1.82, 2.24) is 10.2 Å². The lowest BCUT2D eigenvalue weighted by molar-refractivity contribution is -0.133. The van der Waals surface area contributed by atoms with Crippen molar-refractivity contribution < 1.29 is 9.59 Å². The summed E-state index contributed by atoms with van der Waals surface area (Å²) in [6.45, 7) is 3.68. The van der Waals surface area contributed by atoms with Crippen LogP contribution >= 0.6 is 0 Å². The normalized spacial score (nSPS) is 10.2. The Labute approximate surface area is 126 Å². The first-order valence-corrected chi connectivity index (χ1v) is 7.45. The zero-order valence-electron chi connectivity index (χ0n) is 12.7. The number of nitrogens with zero attached hydrogens (tertiary/aromatic N) is 1. The Morgan fingerprint density at radius 3 is 2.57 bits per heavy atom. The molecule has 0 heterocycles. The predicted octanol–water partition coefficient (Wildman–Crippen LogP) is 1.28. The van der Waals surface area contributed by atoms with Crippen LogP contribution < -0.4 is 11.1 Å². The van der Waals surface area contributed by atoms with Gasteiger partial charge in [0.05, 0.1) is 6.54 Å². The predicted molar refractivity (Wildman–Crippen MR) is 83.4 cm³/mol. The second kappa shape index (κ2) is 9.94. The molecular formula is C16H25N3O2. The van der Waals surface area contributed by atoms with Gasteiger partial charge in [0.1, 0.15) is 0 Å². The van der Waals surface area contributed by atoms with Crippen LogP contribution in [0.1, 0.15) is 31.7 Å². The maximum Gasteiger partial charge on any atom is 0.242 e. The molecule has 1 rings (SSSR count). The molecule has 0 fully saturated rings. The third-order valence-corrected chi connectivity index (χ3v) is 3.11. The fraction of sp³-hybridized carbons (Fsp3) is 0.500. The van der Waals surface area contributed by atoms with Crippen LogP contribution in [0.3, 0.4) is 0 Å². The third kappa shape index (κ3) is 6.90. The van der Waals surface area contributed by atoms with E-state index in [2.05, 4.69) is 5.32 Å². The smallest absolute Gasteiger partial charge is 0.242 e. The van der Waals surface area contributed by atoms with Gasteiger partial charge in [0.25, 0.3) is 0 Å². The summed E-state index contributed by atoms with van der Waals surface area (Å²) < 4.78 is 0. The lowest BCUT2D eigenvalue weighted by Gasteiger charge is -2.23. The van der Waals surface area contributed by atoms with E-state index in [1.54, 1.807) is 4.90 Å². The molecule has 2 amide bonds. The van der Waals surface area contributed by atoms with E-state index in [0.29, 0.717) is 26.1 Å². The monoisotopic (exact) mass is 291 g/mol. The Balaban J connectivity index is 2.55. The van der Waals surface area contributed by atoms with Gasteiger partial charge >= 0.3 is 0 Å². The first-order valence-electron chi connectivity index (χ1n) is 7.45. The van der Waals surface area contributed by atoms with Crippen LogP contribution in [0.5, 0.6) is 0 Å². The molecule has 0 spiro atoms. The van der Waals surface area contributed by atoms with Gasteiger partial charge in [-0.25, -0.2) is 0 Å². The Bertz CT molecular complexity index is 434. The molecule has 5 nitrogen and oxygen atoms in total.